The molecule has 2 rings (SSSR count). The molecule has 0 spiro atoms. The van der Waals surface area contributed by atoms with Gasteiger partial charge < -0.3 is 15.0 Å². The molecule has 0 fully saturated rings. The van der Waals surface area contributed by atoms with Gasteiger partial charge in [0, 0.05) is 0 Å². The molecule has 0 saturated carbocycles. The number of aliphatic hydroxyl groups is 1. The molecule has 0 heterocycles. The molecule has 0 bridgehead atoms. The third-order valence-corrected chi connectivity index (χ3v) is 2.90. The molecule has 0 aromatic heterocycles. The Morgan fingerprint density at radius 3 is 1.53 bits per heavy atom. The van der Waals surface area contributed by atoms with Crippen molar-refractivity contribution < 1.29 is 19.8 Å². The number of aliphatic carboxylic acids is 1. The van der Waals surface area contributed by atoms with Gasteiger partial charge in [0.25, 0.3) is 0 Å². The quantitative estimate of drug-likeness (QED) is 0.794. The first-order valence-corrected chi connectivity index (χ1v) is 5.66. The smallest absolute Gasteiger partial charge is 0.218 e. The lowest BCUT2D eigenvalue weighted by atomic mass is 9.83. The number of benzene rings is 2. The number of Topliss-reactive ketones (excluding diaryl/α,β-unsaturated/α-hetero) is 1. The number of hydrogen-bond acceptors (Lipinski definition) is 4. The molecule has 0 saturated heterocycles. The van der Waals surface area contributed by atoms with Crippen molar-refractivity contribution in [2.45, 2.75) is 5.60 Å². The summed E-state index contributed by atoms with van der Waals surface area (Å²) in [5.74, 6) is -3.31. The van der Waals surface area contributed by atoms with E-state index in [1.165, 1.54) is 24.3 Å². The van der Waals surface area contributed by atoms with Gasteiger partial charge in [-0.1, -0.05) is 60.7 Å². The van der Waals surface area contributed by atoms with Crippen LogP contribution in [0.4, 0.5) is 0 Å². The fraction of sp³-hybridized carbons (Fsp3) is 0.0667. The Hall–Kier alpha value is -2.46. The molecule has 2 aromatic carbocycles. The van der Waals surface area contributed by atoms with Crippen LogP contribution in [0.1, 0.15) is 11.1 Å². The first-order chi connectivity index (χ1) is 9.06. The summed E-state index contributed by atoms with van der Waals surface area (Å²) in [6.45, 7) is 0. The third kappa shape index (κ3) is 2.26. The highest BCUT2D eigenvalue weighted by Crippen LogP contribution is 2.30. The summed E-state index contributed by atoms with van der Waals surface area (Å²) >= 11 is 0. The van der Waals surface area contributed by atoms with E-state index in [1.807, 2.05) is 0 Å². The van der Waals surface area contributed by atoms with Crippen LogP contribution in [-0.2, 0) is 15.2 Å². The van der Waals surface area contributed by atoms with Crippen LogP contribution in [0.5, 0.6) is 0 Å². The normalized spacial score (nSPS) is 11.0. The number of carboxylic acid groups (broad SMARTS) is 1. The summed E-state index contributed by atoms with van der Waals surface area (Å²) in [6, 6.07) is 15.9. The predicted octanol–water partition coefficient (Wildman–Crippen LogP) is 0.241. The van der Waals surface area contributed by atoms with Gasteiger partial charge >= 0.3 is 0 Å². The zero-order valence-electron chi connectivity index (χ0n) is 9.95. The lowest BCUT2D eigenvalue weighted by Crippen LogP contribution is -2.47. The predicted molar refractivity (Wildman–Crippen MR) is 65.9 cm³/mol. The molecular formula is C15H11O4-. The molecule has 0 aliphatic rings. The Morgan fingerprint density at radius 1 is 0.842 bits per heavy atom. The van der Waals surface area contributed by atoms with E-state index in [0.717, 1.165) is 0 Å². The van der Waals surface area contributed by atoms with Gasteiger partial charge in [-0.25, -0.2) is 0 Å². The molecule has 1 N–H and O–H groups in total. The number of carbonyl (C=O) groups is 2. The second-order valence-corrected chi connectivity index (χ2v) is 4.06. The van der Waals surface area contributed by atoms with E-state index < -0.39 is 17.4 Å². The standard InChI is InChI=1S/C15H12O4/c16-13(14(17)18)15(19,11-7-3-1-4-8-11)12-9-5-2-6-10-12/h1-10,19H,(H,17,18)/p-1. The topological polar surface area (TPSA) is 77.4 Å². The second kappa shape index (κ2) is 5.04. The summed E-state index contributed by atoms with van der Waals surface area (Å²) < 4.78 is 0. The average molecular weight is 255 g/mol. The summed E-state index contributed by atoms with van der Waals surface area (Å²) in [4.78, 5) is 22.7. The van der Waals surface area contributed by atoms with Gasteiger partial charge in [-0.05, 0) is 11.1 Å². The van der Waals surface area contributed by atoms with Crippen molar-refractivity contribution in [2.75, 3.05) is 0 Å². The highest BCUT2D eigenvalue weighted by Gasteiger charge is 2.40. The van der Waals surface area contributed by atoms with Crippen LogP contribution in [0.3, 0.4) is 0 Å². The van der Waals surface area contributed by atoms with Crippen molar-refractivity contribution in [1.29, 1.82) is 0 Å². The molecule has 0 atom stereocenters. The molecule has 0 aliphatic carbocycles. The molecule has 4 nitrogen and oxygen atoms in total. The van der Waals surface area contributed by atoms with Gasteiger partial charge in [0.15, 0.2) is 5.60 Å². The van der Waals surface area contributed by atoms with Gasteiger partial charge in [0.2, 0.25) is 5.78 Å². The number of ketones is 1. The fourth-order valence-corrected chi connectivity index (χ4v) is 1.94. The van der Waals surface area contributed by atoms with Crippen molar-refractivity contribution in [3.63, 3.8) is 0 Å². The summed E-state index contributed by atoms with van der Waals surface area (Å²) in [5.41, 5.74) is -1.85. The van der Waals surface area contributed by atoms with E-state index in [9.17, 15) is 19.8 Å². The van der Waals surface area contributed by atoms with E-state index in [0.29, 0.717) is 0 Å². The minimum absolute atomic E-state index is 0.190. The number of carboxylic acids is 1. The van der Waals surface area contributed by atoms with Crippen molar-refractivity contribution in [2.24, 2.45) is 0 Å². The molecule has 96 valence electrons. The second-order valence-electron chi connectivity index (χ2n) is 4.06. The lowest BCUT2D eigenvalue weighted by molar-refractivity contribution is -0.301. The molecule has 2 aromatic rings. The van der Waals surface area contributed by atoms with Gasteiger partial charge in [-0.3, -0.25) is 4.79 Å². The highest BCUT2D eigenvalue weighted by atomic mass is 16.4. The SMILES string of the molecule is O=C([O-])C(=O)C(O)(c1ccccc1)c1ccccc1. The van der Waals surface area contributed by atoms with Gasteiger partial charge in [0.1, 0.15) is 5.97 Å². The monoisotopic (exact) mass is 255 g/mol. The lowest BCUT2D eigenvalue weighted by Gasteiger charge is -2.28. The van der Waals surface area contributed by atoms with Gasteiger partial charge in [-0.2, -0.15) is 0 Å². The molecule has 0 amide bonds. The van der Waals surface area contributed by atoms with E-state index in [1.54, 1.807) is 36.4 Å². The molecule has 4 heteroatoms. The van der Waals surface area contributed by atoms with Crippen molar-refractivity contribution in [3.05, 3.63) is 71.8 Å². The summed E-state index contributed by atoms with van der Waals surface area (Å²) in [7, 11) is 0. The van der Waals surface area contributed by atoms with Crippen LogP contribution >= 0.6 is 0 Å². The summed E-state index contributed by atoms with van der Waals surface area (Å²) in [6.07, 6.45) is 0. The van der Waals surface area contributed by atoms with E-state index in [-0.39, 0.29) is 11.1 Å². The number of carbonyl (C=O) groups excluding carboxylic acids is 2. The zero-order chi connectivity index (χ0) is 13.9. The van der Waals surface area contributed by atoms with Crippen LogP contribution in [0.25, 0.3) is 0 Å². The fourth-order valence-electron chi connectivity index (χ4n) is 1.94. The minimum atomic E-state index is -2.23. The molecule has 0 aliphatic heterocycles. The van der Waals surface area contributed by atoms with E-state index >= 15 is 0 Å². The maximum Gasteiger partial charge on any atom is 0.218 e. The van der Waals surface area contributed by atoms with Crippen molar-refractivity contribution in [1.82, 2.24) is 0 Å². The van der Waals surface area contributed by atoms with Crippen LogP contribution < -0.4 is 5.11 Å². The van der Waals surface area contributed by atoms with Crippen LogP contribution in [0, 0.1) is 0 Å². The Morgan fingerprint density at radius 2 is 1.21 bits per heavy atom. The molecular weight excluding hydrogens is 244 g/mol. The third-order valence-electron chi connectivity index (χ3n) is 2.90. The first kappa shape index (κ1) is 13.0. The van der Waals surface area contributed by atoms with Crippen molar-refractivity contribution in [3.8, 4) is 0 Å². The van der Waals surface area contributed by atoms with E-state index in [4.69, 9.17) is 0 Å². The Kier molecular flexibility index (Phi) is 3.44. The van der Waals surface area contributed by atoms with Crippen LogP contribution in [-0.4, -0.2) is 16.9 Å². The Balaban J connectivity index is 2.64. The van der Waals surface area contributed by atoms with Crippen LogP contribution in [0.2, 0.25) is 0 Å². The molecule has 0 radical (unpaired) electrons. The Labute approximate surface area is 109 Å². The largest absolute Gasteiger partial charge is 0.542 e. The van der Waals surface area contributed by atoms with Gasteiger partial charge in [-0.15, -0.1) is 0 Å². The number of rotatable bonds is 4. The minimum Gasteiger partial charge on any atom is -0.542 e. The highest BCUT2D eigenvalue weighted by molar-refractivity contribution is 6.35. The Bertz CT molecular complexity index is 551. The molecule has 0 unspecified atom stereocenters. The van der Waals surface area contributed by atoms with E-state index in [2.05, 4.69) is 0 Å². The maximum atomic E-state index is 11.9. The maximum absolute atomic E-state index is 11.9. The zero-order valence-corrected chi connectivity index (χ0v) is 9.95. The average Bonchev–Trinajstić information content (AvgIpc) is 2.47. The van der Waals surface area contributed by atoms with Crippen LogP contribution in [0.15, 0.2) is 60.7 Å². The summed E-state index contributed by atoms with van der Waals surface area (Å²) in [5, 5.41) is 21.5. The molecule has 19 heavy (non-hydrogen) atoms. The first-order valence-electron chi connectivity index (χ1n) is 5.66. The number of hydrogen-bond donors (Lipinski definition) is 1. The van der Waals surface area contributed by atoms with Gasteiger partial charge in [0.05, 0.1) is 0 Å². The van der Waals surface area contributed by atoms with Crippen molar-refractivity contribution >= 4 is 11.8 Å².